The van der Waals surface area contributed by atoms with Crippen LogP contribution in [0.1, 0.15) is 37.7 Å². The van der Waals surface area contributed by atoms with Crippen LogP contribution in [0, 0.1) is 0 Å². The SMILES string of the molecule is CNC(CSC1CCCCC1)Cc1ccsc1. The molecular weight excluding hydrogens is 246 g/mol. The van der Waals surface area contributed by atoms with Crippen molar-refractivity contribution < 1.29 is 0 Å². The average molecular weight is 269 g/mol. The largest absolute Gasteiger partial charge is 0.316 e. The van der Waals surface area contributed by atoms with E-state index in [9.17, 15) is 0 Å². The Morgan fingerprint density at radius 1 is 1.41 bits per heavy atom. The molecule has 0 aromatic carbocycles. The van der Waals surface area contributed by atoms with Gasteiger partial charge in [0.1, 0.15) is 0 Å². The third kappa shape index (κ3) is 4.65. The summed E-state index contributed by atoms with van der Waals surface area (Å²) < 4.78 is 0. The number of thioether (sulfide) groups is 1. The van der Waals surface area contributed by atoms with Crippen LogP contribution in [0.4, 0.5) is 0 Å². The minimum atomic E-state index is 0.636. The molecule has 1 heterocycles. The second-order valence-electron chi connectivity index (χ2n) is 4.91. The minimum Gasteiger partial charge on any atom is -0.316 e. The number of likely N-dealkylation sites (N-methyl/N-ethyl adjacent to an activating group) is 1. The molecule has 1 aliphatic rings. The lowest BCUT2D eigenvalue weighted by atomic mass is 10.0. The Labute approximate surface area is 113 Å². The summed E-state index contributed by atoms with van der Waals surface area (Å²) >= 11 is 4.00. The molecule has 0 radical (unpaired) electrons. The summed E-state index contributed by atoms with van der Waals surface area (Å²) in [6, 6.07) is 2.89. The van der Waals surface area contributed by atoms with Crippen molar-refractivity contribution >= 4 is 23.1 Å². The van der Waals surface area contributed by atoms with E-state index in [2.05, 4.69) is 41.0 Å². The first-order chi connectivity index (χ1) is 8.38. The lowest BCUT2D eigenvalue weighted by Crippen LogP contribution is -2.31. The Balaban J connectivity index is 1.71. The van der Waals surface area contributed by atoms with E-state index in [-0.39, 0.29) is 0 Å². The van der Waals surface area contributed by atoms with Gasteiger partial charge in [-0.25, -0.2) is 0 Å². The Morgan fingerprint density at radius 2 is 2.24 bits per heavy atom. The molecule has 96 valence electrons. The van der Waals surface area contributed by atoms with Crippen LogP contribution in [0.15, 0.2) is 16.8 Å². The highest BCUT2D eigenvalue weighted by Crippen LogP contribution is 2.28. The zero-order valence-electron chi connectivity index (χ0n) is 10.7. The van der Waals surface area contributed by atoms with Gasteiger partial charge in [-0.3, -0.25) is 0 Å². The lowest BCUT2D eigenvalue weighted by Gasteiger charge is -2.23. The molecule has 1 nitrogen and oxygen atoms in total. The van der Waals surface area contributed by atoms with Crippen molar-refractivity contribution in [3.63, 3.8) is 0 Å². The quantitative estimate of drug-likeness (QED) is 0.839. The first-order valence-electron chi connectivity index (χ1n) is 6.68. The highest BCUT2D eigenvalue weighted by molar-refractivity contribution is 7.99. The average Bonchev–Trinajstić information content (AvgIpc) is 2.88. The molecule has 0 amide bonds. The monoisotopic (exact) mass is 269 g/mol. The molecule has 0 spiro atoms. The number of rotatable bonds is 6. The van der Waals surface area contributed by atoms with E-state index in [0.717, 1.165) is 5.25 Å². The van der Waals surface area contributed by atoms with Gasteiger partial charge in [0, 0.05) is 17.0 Å². The Bertz CT molecular complexity index is 291. The van der Waals surface area contributed by atoms with Gasteiger partial charge >= 0.3 is 0 Å². The van der Waals surface area contributed by atoms with Crippen molar-refractivity contribution in [1.29, 1.82) is 0 Å². The zero-order valence-corrected chi connectivity index (χ0v) is 12.3. The smallest absolute Gasteiger partial charge is 0.0195 e. The van der Waals surface area contributed by atoms with Gasteiger partial charge in [-0.1, -0.05) is 19.3 Å². The maximum atomic E-state index is 3.46. The van der Waals surface area contributed by atoms with E-state index in [1.54, 1.807) is 11.3 Å². The Hall–Kier alpha value is 0.01000. The minimum absolute atomic E-state index is 0.636. The summed E-state index contributed by atoms with van der Waals surface area (Å²) in [5.41, 5.74) is 1.48. The van der Waals surface area contributed by atoms with Gasteiger partial charge in [0.15, 0.2) is 0 Å². The van der Waals surface area contributed by atoms with Gasteiger partial charge < -0.3 is 5.32 Å². The van der Waals surface area contributed by atoms with Gasteiger partial charge in [0.2, 0.25) is 0 Å². The molecule has 3 heteroatoms. The van der Waals surface area contributed by atoms with Crippen LogP contribution in [0.25, 0.3) is 0 Å². The zero-order chi connectivity index (χ0) is 11.9. The molecule has 0 saturated heterocycles. The van der Waals surface area contributed by atoms with Gasteiger partial charge in [0.25, 0.3) is 0 Å². The molecule has 1 aliphatic carbocycles. The summed E-state index contributed by atoms with van der Waals surface area (Å²) in [5, 5.41) is 8.85. The van der Waals surface area contributed by atoms with Crippen molar-refractivity contribution in [2.75, 3.05) is 12.8 Å². The van der Waals surface area contributed by atoms with Crippen LogP contribution < -0.4 is 5.32 Å². The van der Waals surface area contributed by atoms with Gasteiger partial charge in [-0.05, 0) is 48.7 Å². The molecule has 1 N–H and O–H groups in total. The number of nitrogens with one attached hydrogen (secondary N) is 1. The fourth-order valence-electron chi connectivity index (χ4n) is 2.42. The molecule has 1 aromatic rings. The van der Waals surface area contributed by atoms with Crippen LogP contribution >= 0.6 is 23.1 Å². The Kier molecular flexibility index (Phi) is 5.89. The van der Waals surface area contributed by atoms with Gasteiger partial charge in [-0.15, -0.1) is 0 Å². The molecule has 0 bridgehead atoms. The molecule has 1 fully saturated rings. The summed E-state index contributed by atoms with van der Waals surface area (Å²) in [7, 11) is 2.10. The second kappa shape index (κ2) is 7.45. The van der Waals surface area contributed by atoms with Crippen LogP contribution in [-0.4, -0.2) is 24.1 Å². The molecular formula is C14H23NS2. The van der Waals surface area contributed by atoms with Crippen LogP contribution in [0.2, 0.25) is 0 Å². The number of hydrogen-bond acceptors (Lipinski definition) is 3. The van der Waals surface area contributed by atoms with Crippen molar-refractivity contribution in [3.05, 3.63) is 22.4 Å². The van der Waals surface area contributed by atoms with Gasteiger partial charge in [-0.2, -0.15) is 23.1 Å². The van der Waals surface area contributed by atoms with E-state index in [1.165, 1.54) is 49.8 Å². The summed E-state index contributed by atoms with van der Waals surface area (Å²) in [5.74, 6) is 1.26. The van der Waals surface area contributed by atoms with Crippen LogP contribution in [0.3, 0.4) is 0 Å². The summed E-state index contributed by atoms with van der Waals surface area (Å²) in [6.45, 7) is 0. The molecule has 1 saturated carbocycles. The van der Waals surface area contributed by atoms with E-state index < -0.39 is 0 Å². The second-order valence-corrected chi connectivity index (χ2v) is 7.03. The standard InChI is InChI=1S/C14H23NS2/c1-15-13(9-12-7-8-16-10-12)11-17-14-5-3-2-4-6-14/h7-8,10,13-15H,2-6,9,11H2,1H3. The molecule has 17 heavy (non-hydrogen) atoms. The highest BCUT2D eigenvalue weighted by Gasteiger charge is 2.16. The fraction of sp³-hybridized carbons (Fsp3) is 0.714. The molecule has 1 unspecified atom stereocenters. The molecule has 1 aromatic heterocycles. The third-order valence-electron chi connectivity index (χ3n) is 3.56. The fourth-order valence-corrected chi connectivity index (χ4v) is 4.56. The normalized spacial score (nSPS) is 19.4. The molecule has 2 rings (SSSR count). The van der Waals surface area contributed by atoms with E-state index in [1.807, 2.05) is 0 Å². The maximum absolute atomic E-state index is 3.46. The third-order valence-corrected chi connectivity index (χ3v) is 5.83. The topological polar surface area (TPSA) is 12.0 Å². The first kappa shape index (κ1) is 13.4. The molecule has 1 atom stereocenters. The maximum Gasteiger partial charge on any atom is 0.0195 e. The van der Waals surface area contributed by atoms with Gasteiger partial charge in [0.05, 0.1) is 0 Å². The van der Waals surface area contributed by atoms with E-state index in [4.69, 9.17) is 0 Å². The first-order valence-corrected chi connectivity index (χ1v) is 8.67. The highest BCUT2D eigenvalue weighted by atomic mass is 32.2. The summed E-state index contributed by atoms with van der Waals surface area (Å²) in [6.07, 6.45) is 8.43. The van der Waals surface area contributed by atoms with E-state index in [0.29, 0.717) is 6.04 Å². The molecule has 0 aliphatic heterocycles. The van der Waals surface area contributed by atoms with Crippen molar-refractivity contribution in [1.82, 2.24) is 5.32 Å². The van der Waals surface area contributed by atoms with Crippen molar-refractivity contribution in [2.45, 2.75) is 49.8 Å². The van der Waals surface area contributed by atoms with Crippen LogP contribution in [-0.2, 0) is 6.42 Å². The van der Waals surface area contributed by atoms with E-state index >= 15 is 0 Å². The Morgan fingerprint density at radius 3 is 2.88 bits per heavy atom. The predicted molar refractivity (Wildman–Crippen MR) is 80.2 cm³/mol. The van der Waals surface area contributed by atoms with Crippen molar-refractivity contribution in [2.24, 2.45) is 0 Å². The lowest BCUT2D eigenvalue weighted by molar-refractivity contribution is 0.514. The summed E-state index contributed by atoms with van der Waals surface area (Å²) in [4.78, 5) is 0. The van der Waals surface area contributed by atoms with Crippen LogP contribution in [0.5, 0.6) is 0 Å². The predicted octanol–water partition coefficient (Wildman–Crippen LogP) is 3.94. The van der Waals surface area contributed by atoms with Crippen molar-refractivity contribution in [3.8, 4) is 0 Å². The number of hydrogen-bond donors (Lipinski definition) is 1. The number of thiophene rings is 1.